The number of carbonyl (C=O) groups is 1. The van der Waals surface area contributed by atoms with Gasteiger partial charge in [-0.2, -0.15) is 5.26 Å². The lowest BCUT2D eigenvalue weighted by molar-refractivity contribution is 0.0788. The smallest absolute Gasteiger partial charge is 0.267 e. The van der Waals surface area contributed by atoms with E-state index in [1.807, 2.05) is 19.1 Å². The lowest BCUT2D eigenvalue weighted by Gasteiger charge is -2.16. The number of amides is 1. The molecule has 1 aromatic heterocycles. The van der Waals surface area contributed by atoms with Gasteiger partial charge in [-0.05, 0) is 35.6 Å². The normalized spacial score (nSPS) is 10.1. The van der Waals surface area contributed by atoms with E-state index < -0.39 is 0 Å². The molecule has 5 nitrogen and oxygen atoms in total. The van der Waals surface area contributed by atoms with Crippen molar-refractivity contribution >= 4 is 17.4 Å². The Balaban J connectivity index is 2.12. The Labute approximate surface area is 128 Å². The van der Waals surface area contributed by atoms with E-state index in [0.29, 0.717) is 17.0 Å². The van der Waals surface area contributed by atoms with Crippen molar-refractivity contribution in [3.8, 4) is 6.07 Å². The van der Waals surface area contributed by atoms with Gasteiger partial charge in [0.1, 0.15) is 4.88 Å². The zero-order valence-corrected chi connectivity index (χ0v) is 12.9. The van der Waals surface area contributed by atoms with Gasteiger partial charge in [0.2, 0.25) is 0 Å². The summed E-state index contributed by atoms with van der Waals surface area (Å²) in [4.78, 5) is 14.7. The average Bonchev–Trinajstić information content (AvgIpc) is 2.95. The van der Waals surface area contributed by atoms with Crippen molar-refractivity contribution in [1.82, 2.24) is 14.5 Å². The molecule has 0 aliphatic carbocycles. The van der Waals surface area contributed by atoms with Gasteiger partial charge < -0.3 is 4.90 Å². The highest BCUT2D eigenvalue weighted by molar-refractivity contribution is 7.07. The van der Waals surface area contributed by atoms with Crippen LogP contribution in [-0.4, -0.2) is 27.4 Å². The van der Waals surface area contributed by atoms with Gasteiger partial charge in [0.25, 0.3) is 5.91 Å². The number of nitriles is 1. The monoisotopic (exact) mass is 300 g/mol. The lowest BCUT2D eigenvalue weighted by atomic mass is 10.1. The van der Waals surface area contributed by atoms with E-state index in [1.165, 1.54) is 0 Å². The molecular formula is C15H16N4OS. The molecule has 0 fully saturated rings. The zero-order valence-electron chi connectivity index (χ0n) is 12.0. The van der Waals surface area contributed by atoms with E-state index in [2.05, 4.69) is 15.7 Å². The van der Waals surface area contributed by atoms with E-state index in [4.69, 9.17) is 5.26 Å². The Kier molecular flexibility index (Phi) is 5.01. The molecule has 108 valence electrons. The van der Waals surface area contributed by atoms with Gasteiger partial charge in [-0.25, -0.2) is 0 Å². The molecule has 0 radical (unpaired) electrons. The number of carbonyl (C=O) groups excluding carboxylic acids is 1. The van der Waals surface area contributed by atoms with Crippen LogP contribution in [0.1, 0.15) is 39.8 Å². The maximum absolute atomic E-state index is 12.5. The fourth-order valence-electron chi connectivity index (χ4n) is 2.03. The summed E-state index contributed by atoms with van der Waals surface area (Å²) in [6.07, 6.45) is 1.69. The Bertz CT molecular complexity index is 674. The maximum atomic E-state index is 12.5. The molecule has 2 rings (SSSR count). The van der Waals surface area contributed by atoms with Gasteiger partial charge in [0.05, 0.1) is 17.3 Å². The summed E-state index contributed by atoms with van der Waals surface area (Å²) in [6.45, 7) is 2.50. The second-order valence-electron chi connectivity index (χ2n) is 4.77. The number of nitrogens with zero attached hydrogens (tertiary/aromatic N) is 4. The Morgan fingerprint density at radius 1 is 1.48 bits per heavy atom. The van der Waals surface area contributed by atoms with Crippen molar-refractivity contribution in [2.45, 2.75) is 26.3 Å². The molecular weight excluding hydrogens is 284 g/mol. The largest absolute Gasteiger partial charge is 0.337 e. The molecule has 0 saturated carbocycles. The summed E-state index contributed by atoms with van der Waals surface area (Å²) in [5.41, 5.74) is 2.30. The SMILES string of the molecule is CCCc1nnsc1C(=O)N(C)Cc1cccc(C#N)c1. The van der Waals surface area contributed by atoms with Crippen molar-refractivity contribution in [2.24, 2.45) is 0 Å². The first-order valence-electron chi connectivity index (χ1n) is 6.71. The number of rotatable bonds is 5. The minimum atomic E-state index is -0.0733. The van der Waals surface area contributed by atoms with E-state index >= 15 is 0 Å². The second-order valence-corrected chi connectivity index (χ2v) is 5.53. The first kappa shape index (κ1) is 15.1. The molecule has 0 aliphatic heterocycles. The summed E-state index contributed by atoms with van der Waals surface area (Å²) in [6, 6.07) is 9.37. The zero-order chi connectivity index (χ0) is 15.2. The number of benzene rings is 1. The van der Waals surface area contributed by atoms with Crippen LogP contribution >= 0.6 is 11.5 Å². The summed E-state index contributed by atoms with van der Waals surface area (Å²) in [5.74, 6) is -0.0733. The number of hydrogen-bond donors (Lipinski definition) is 0. The third-order valence-corrected chi connectivity index (χ3v) is 3.82. The van der Waals surface area contributed by atoms with Gasteiger partial charge in [-0.3, -0.25) is 4.79 Å². The van der Waals surface area contributed by atoms with Gasteiger partial charge in [0.15, 0.2) is 0 Å². The third kappa shape index (κ3) is 3.64. The van der Waals surface area contributed by atoms with E-state index in [1.54, 1.807) is 24.1 Å². The number of hydrogen-bond acceptors (Lipinski definition) is 5. The van der Waals surface area contributed by atoms with Crippen LogP contribution in [-0.2, 0) is 13.0 Å². The third-order valence-electron chi connectivity index (χ3n) is 3.06. The molecule has 0 N–H and O–H groups in total. The molecule has 1 aromatic carbocycles. The summed E-state index contributed by atoms with van der Waals surface area (Å²) < 4.78 is 3.88. The molecule has 0 spiro atoms. The Morgan fingerprint density at radius 2 is 2.29 bits per heavy atom. The minimum Gasteiger partial charge on any atom is -0.337 e. The highest BCUT2D eigenvalue weighted by Crippen LogP contribution is 2.16. The van der Waals surface area contributed by atoms with Crippen LogP contribution in [0.2, 0.25) is 0 Å². The Hall–Kier alpha value is -2.26. The maximum Gasteiger partial charge on any atom is 0.267 e. The van der Waals surface area contributed by atoms with Crippen LogP contribution in [0, 0.1) is 11.3 Å². The molecule has 0 aliphatic rings. The van der Waals surface area contributed by atoms with Crippen LogP contribution in [0.3, 0.4) is 0 Å². The quantitative estimate of drug-likeness (QED) is 0.851. The molecule has 2 aromatic rings. The van der Waals surface area contributed by atoms with E-state index in [-0.39, 0.29) is 5.91 Å². The molecule has 6 heteroatoms. The Morgan fingerprint density at radius 3 is 3.00 bits per heavy atom. The standard InChI is InChI=1S/C15H16N4OS/c1-3-5-13-14(21-18-17-13)15(20)19(2)10-12-7-4-6-11(8-12)9-16/h4,6-8H,3,5,10H2,1-2H3. The van der Waals surface area contributed by atoms with Crippen molar-refractivity contribution in [1.29, 1.82) is 5.26 Å². The average molecular weight is 300 g/mol. The fraction of sp³-hybridized carbons (Fsp3) is 0.333. The summed E-state index contributed by atoms with van der Waals surface area (Å²) in [7, 11) is 1.75. The van der Waals surface area contributed by atoms with Crippen molar-refractivity contribution in [3.05, 3.63) is 46.0 Å². The fourth-order valence-corrected chi connectivity index (χ4v) is 2.73. The highest BCUT2D eigenvalue weighted by atomic mass is 32.1. The molecule has 1 heterocycles. The van der Waals surface area contributed by atoms with Crippen molar-refractivity contribution < 1.29 is 4.79 Å². The van der Waals surface area contributed by atoms with Gasteiger partial charge in [-0.1, -0.05) is 30.0 Å². The summed E-state index contributed by atoms with van der Waals surface area (Å²) in [5, 5.41) is 12.9. The van der Waals surface area contributed by atoms with Gasteiger partial charge in [-0.15, -0.1) is 5.10 Å². The van der Waals surface area contributed by atoms with E-state index in [0.717, 1.165) is 35.6 Å². The first-order valence-corrected chi connectivity index (χ1v) is 7.48. The number of aromatic nitrogens is 2. The van der Waals surface area contributed by atoms with Crippen LogP contribution in [0.25, 0.3) is 0 Å². The van der Waals surface area contributed by atoms with Gasteiger partial charge >= 0.3 is 0 Å². The van der Waals surface area contributed by atoms with Crippen LogP contribution in [0.4, 0.5) is 0 Å². The van der Waals surface area contributed by atoms with Crippen LogP contribution in [0.5, 0.6) is 0 Å². The predicted molar refractivity (Wildman–Crippen MR) is 80.9 cm³/mol. The summed E-state index contributed by atoms with van der Waals surface area (Å²) >= 11 is 1.14. The number of aryl methyl sites for hydroxylation is 1. The van der Waals surface area contributed by atoms with Crippen LogP contribution in [0.15, 0.2) is 24.3 Å². The van der Waals surface area contributed by atoms with E-state index in [9.17, 15) is 4.79 Å². The topological polar surface area (TPSA) is 69.9 Å². The van der Waals surface area contributed by atoms with Crippen molar-refractivity contribution in [2.75, 3.05) is 7.05 Å². The predicted octanol–water partition coefficient (Wildman–Crippen LogP) is 2.63. The highest BCUT2D eigenvalue weighted by Gasteiger charge is 2.19. The van der Waals surface area contributed by atoms with Gasteiger partial charge in [0, 0.05) is 13.6 Å². The first-order chi connectivity index (χ1) is 10.2. The molecule has 21 heavy (non-hydrogen) atoms. The molecule has 0 bridgehead atoms. The minimum absolute atomic E-state index is 0.0733. The molecule has 0 atom stereocenters. The molecule has 0 saturated heterocycles. The second kappa shape index (κ2) is 6.95. The lowest BCUT2D eigenvalue weighted by Crippen LogP contribution is -2.26. The van der Waals surface area contributed by atoms with Crippen LogP contribution < -0.4 is 0 Å². The van der Waals surface area contributed by atoms with Crippen molar-refractivity contribution in [3.63, 3.8) is 0 Å². The molecule has 1 amide bonds. The molecule has 0 unspecified atom stereocenters.